The lowest BCUT2D eigenvalue weighted by Gasteiger charge is -2.08. The molecule has 0 unspecified atom stereocenters. The van der Waals surface area contributed by atoms with Crippen molar-refractivity contribution in [3.8, 4) is 11.5 Å². The van der Waals surface area contributed by atoms with Crippen LogP contribution < -0.4 is 4.74 Å². The fourth-order valence-electron chi connectivity index (χ4n) is 1.27. The van der Waals surface area contributed by atoms with Gasteiger partial charge in [-0.2, -0.15) is 13.2 Å². The van der Waals surface area contributed by atoms with Crippen LogP contribution in [0.5, 0.6) is 11.5 Å². The Morgan fingerprint density at radius 1 is 1.06 bits per heavy atom. The van der Waals surface area contributed by atoms with Crippen molar-refractivity contribution in [3.63, 3.8) is 0 Å². The van der Waals surface area contributed by atoms with Gasteiger partial charge < -0.3 is 4.74 Å². The highest BCUT2D eigenvalue weighted by molar-refractivity contribution is 9.10. The first-order valence-corrected chi connectivity index (χ1v) is 5.71. The van der Waals surface area contributed by atoms with Crippen LogP contribution in [0.2, 0.25) is 0 Å². The standard InChI is InChI=1S/C12H7BrF3NO/c13-8-2-1-3-9(6-8)18-10-4-5-11(17-7-10)12(14,15)16/h1-7H. The van der Waals surface area contributed by atoms with Gasteiger partial charge in [0.2, 0.25) is 0 Å². The molecule has 0 saturated heterocycles. The Morgan fingerprint density at radius 3 is 2.39 bits per heavy atom. The summed E-state index contributed by atoms with van der Waals surface area (Å²) in [5.41, 5.74) is -0.941. The Morgan fingerprint density at radius 2 is 1.83 bits per heavy atom. The minimum Gasteiger partial charge on any atom is -0.456 e. The van der Waals surface area contributed by atoms with E-state index in [9.17, 15) is 13.2 Å². The monoisotopic (exact) mass is 317 g/mol. The summed E-state index contributed by atoms with van der Waals surface area (Å²) in [4.78, 5) is 3.31. The van der Waals surface area contributed by atoms with Gasteiger partial charge in [-0.3, -0.25) is 0 Å². The van der Waals surface area contributed by atoms with Crippen LogP contribution in [0.4, 0.5) is 13.2 Å². The molecule has 0 radical (unpaired) electrons. The van der Waals surface area contributed by atoms with Crippen molar-refractivity contribution < 1.29 is 17.9 Å². The maximum atomic E-state index is 12.3. The number of aromatic nitrogens is 1. The van der Waals surface area contributed by atoms with Gasteiger partial charge in [0.1, 0.15) is 17.2 Å². The van der Waals surface area contributed by atoms with Gasteiger partial charge in [-0.25, -0.2) is 4.98 Å². The van der Waals surface area contributed by atoms with E-state index >= 15 is 0 Å². The van der Waals surface area contributed by atoms with Gasteiger partial charge in [0, 0.05) is 4.47 Å². The number of hydrogen-bond acceptors (Lipinski definition) is 2. The van der Waals surface area contributed by atoms with Crippen molar-refractivity contribution in [2.24, 2.45) is 0 Å². The van der Waals surface area contributed by atoms with Crippen LogP contribution in [0.3, 0.4) is 0 Å². The second kappa shape index (κ2) is 4.97. The molecule has 0 N–H and O–H groups in total. The molecule has 0 aliphatic carbocycles. The predicted molar refractivity (Wildman–Crippen MR) is 63.5 cm³/mol. The van der Waals surface area contributed by atoms with Crippen LogP contribution in [0.1, 0.15) is 5.69 Å². The summed E-state index contributed by atoms with van der Waals surface area (Å²) >= 11 is 3.27. The molecule has 18 heavy (non-hydrogen) atoms. The average Bonchev–Trinajstić information content (AvgIpc) is 2.28. The van der Waals surface area contributed by atoms with E-state index in [1.807, 2.05) is 6.07 Å². The average molecular weight is 318 g/mol. The van der Waals surface area contributed by atoms with Crippen LogP contribution in [-0.4, -0.2) is 4.98 Å². The summed E-state index contributed by atoms with van der Waals surface area (Å²) in [7, 11) is 0. The lowest BCUT2D eigenvalue weighted by Crippen LogP contribution is -2.07. The lowest BCUT2D eigenvalue weighted by molar-refractivity contribution is -0.141. The van der Waals surface area contributed by atoms with Gasteiger partial charge in [-0.15, -0.1) is 0 Å². The van der Waals surface area contributed by atoms with E-state index in [2.05, 4.69) is 20.9 Å². The molecule has 94 valence electrons. The SMILES string of the molecule is FC(F)(F)c1ccc(Oc2cccc(Br)c2)cn1. The summed E-state index contributed by atoms with van der Waals surface area (Å²) in [6.07, 6.45) is -3.39. The molecule has 1 aromatic carbocycles. The predicted octanol–water partition coefficient (Wildman–Crippen LogP) is 4.66. The van der Waals surface area contributed by atoms with Gasteiger partial charge in [0.25, 0.3) is 0 Å². The quantitative estimate of drug-likeness (QED) is 0.804. The van der Waals surface area contributed by atoms with Gasteiger partial charge in [0.15, 0.2) is 0 Å². The molecule has 0 aliphatic heterocycles. The molecule has 6 heteroatoms. The highest BCUT2D eigenvalue weighted by Gasteiger charge is 2.32. The normalized spacial score (nSPS) is 11.3. The number of ether oxygens (including phenoxy) is 1. The van der Waals surface area contributed by atoms with Crippen LogP contribution >= 0.6 is 15.9 Å². The maximum Gasteiger partial charge on any atom is 0.433 e. The fourth-order valence-corrected chi connectivity index (χ4v) is 1.65. The van der Waals surface area contributed by atoms with Crippen molar-refractivity contribution in [3.05, 3.63) is 52.8 Å². The topological polar surface area (TPSA) is 22.1 Å². The maximum absolute atomic E-state index is 12.3. The Bertz CT molecular complexity index is 540. The minimum absolute atomic E-state index is 0.251. The van der Waals surface area contributed by atoms with E-state index in [0.29, 0.717) is 5.75 Å². The number of alkyl halides is 3. The van der Waals surface area contributed by atoms with Crippen LogP contribution in [0.15, 0.2) is 47.1 Å². The summed E-state index contributed by atoms with van der Waals surface area (Å²) in [5.74, 6) is 0.770. The molecule has 1 aromatic heterocycles. The molecule has 0 atom stereocenters. The van der Waals surface area contributed by atoms with E-state index in [4.69, 9.17) is 4.74 Å². The van der Waals surface area contributed by atoms with E-state index < -0.39 is 11.9 Å². The molecule has 1 heterocycles. The van der Waals surface area contributed by atoms with Crippen molar-refractivity contribution in [1.29, 1.82) is 0 Å². The third kappa shape index (κ3) is 3.22. The number of nitrogens with zero attached hydrogens (tertiary/aromatic N) is 1. The van der Waals surface area contributed by atoms with Crippen LogP contribution in [0.25, 0.3) is 0 Å². The number of benzene rings is 1. The lowest BCUT2D eigenvalue weighted by atomic mass is 10.3. The van der Waals surface area contributed by atoms with Crippen molar-refractivity contribution >= 4 is 15.9 Å². The molecule has 2 aromatic rings. The molecule has 0 fully saturated rings. The van der Waals surface area contributed by atoms with Gasteiger partial charge in [0.05, 0.1) is 6.20 Å². The third-order valence-corrected chi connectivity index (χ3v) is 2.55. The number of pyridine rings is 1. The molecule has 0 aliphatic rings. The summed E-state index contributed by atoms with van der Waals surface area (Å²) in [5, 5.41) is 0. The van der Waals surface area contributed by atoms with Gasteiger partial charge in [-0.1, -0.05) is 22.0 Å². The summed E-state index contributed by atoms with van der Waals surface area (Å²) < 4.78 is 43.1. The number of hydrogen-bond donors (Lipinski definition) is 0. The molecular formula is C12H7BrF3NO. The molecule has 0 spiro atoms. The highest BCUT2D eigenvalue weighted by atomic mass is 79.9. The summed E-state index contributed by atoms with van der Waals surface area (Å²) in [6, 6.07) is 9.10. The second-order valence-corrected chi connectivity index (χ2v) is 4.35. The van der Waals surface area contributed by atoms with E-state index in [-0.39, 0.29) is 5.75 Å². The number of rotatable bonds is 2. The van der Waals surface area contributed by atoms with Crippen LogP contribution in [0, 0.1) is 0 Å². The Labute approximate surface area is 110 Å². The van der Waals surface area contributed by atoms with Crippen molar-refractivity contribution in [1.82, 2.24) is 4.98 Å². The van der Waals surface area contributed by atoms with Gasteiger partial charge >= 0.3 is 6.18 Å². The first-order chi connectivity index (χ1) is 8.45. The zero-order valence-corrected chi connectivity index (χ0v) is 10.5. The van der Waals surface area contributed by atoms with Crippen molar-refractivity contribution in [2.45, 2.75) is 6.18 Å². The van der Waals surface area contributed by atoms with E-state index in [1.165, 1.54) is 6.07 Å². The molecule has 0 amide bonds. The molecule has 0 saturated carbocycles. The Balaban J connectivity index is 2.16. The molecule has 0 bridgehead atoms. The van der Waals surface area contributed by atoms with Crippen molar-refractivity contribution in [2.75, 3.05) is 0 Å². The van der Waals surface area contributed by atoms with E-state index in [1.54, 1.807) is 18.2 Å². The molecular weight excluding hydrogens is 311 g/mol. The fraction of sp³-hybridized carbons (Fsp3) is 0.0833. The Hall–Kier alpha value is -1.56. The highest BCUT2D eigenvalue weighted by Crippen LogP contribution is 2.29. The molecule has 2 nitrogen and oxygen atoms in total. The molecule has 2 rings (SSSR count). The first-order valence-electron chi connectivity index (χ1n) is 4.92. The van der Waals surface area contributed by atoms with Gasteiger partial charge in [-0.05, 0) is 30.3 Å². The largest absolute Gasteiger partial charge is 0.456 e. The zero-order valence-electron chi connectivity index (χ0n) is 8.91. The van der Waals surface area contributed by atoms with Crippen LogP contribution in [-0.2, 0) is 6.18 Å². The third-order valence-electron chi connectivity index (χ3n) is 2.06. The van der Waals surface area contributed by atoms with E-state index in [0.717, 1.165) is 16.7 Å². The first kappa shape index (κ1) is 12.9. The Kier molecular flexibility index (Phi) is 3.56. The smallest absolute Gasteiger partial charge is 0.433 e. The second-order valence-electron chi connectivity index (χ2n) is 3.44. The minimum atomic E-state index is -4.44. The number of halogens is 4. The summed E-state index contributed by atoms with van der Waals surface area (Å²) in [6.45, 7) is 0. The zero-order chi connectivity index (χ0) is 13.2.